The Labute approximate surface area is 90.7 Å². The molecule has 1 aromatic heterocycles. The Morgan fingerprint density at radius 2 is 1.93 bits per heavy atom. The second-order valence-electron chi connectivity index (χ2n) is 4.54. The lowest BCUT2D eigenvalue weighted by Crippen LogP contribution is -2.12. The summed E-state index contributed by atoms with van der Waals surface area (Å²) < 4.78 is 0. The summed E-state index contributed by atoms with van der Waals surface area (Å²) in [5.41, 5.74) is 4.60. The number of carbonyl (C=O) groups excluding carboxylic acids is 1. The zero-order valence-electron chi connectivity index (χ0n) is 9.42. The minimum Gasteiger partial charge on any atom is -0.298 e. The highest BCUT2D eigenvalue weighted by Crippen LogP contribution is 2.29. The molecule has 0 radical (unpaired) electrons. The molecule has 0 saturated heterocycles. The topological polar surface area (TPSA) is 30.0 Å². The Bertz CT molecular complexity index is 382. The molecule has 1 aromatic rings. The first-order valence-corrected chi connectivity index (χ1v) is 5.70. The quantitative estimate of drug-likeness (QED) is 0.692. The molecule has 15 heavy (non-hydrogen) atoms. The molecule has 0 spiro atoms. The molecule has 0 atom stereocenters. The Morgan fingerprint density at radius 3 is 2.53 bits per heavy atom. The van der Waals surface area contributed by atoms with Crippen molar-refractivity contribution in [1.82, 2.24) is 4.98 Å². The summed E-state index contributed by atoms with van der Waals surface area (Å²) in [6.07, 6.45) is 7.27. The fraction of sp³-hybridized carbons (Fsp3) is 0.538. The maximum Gasteiger partial charge on any atom is 0.151 e. The van der Waals surface area contributed by atoms with Crippen LogP contribution in [0.3, 0.4) is 0 Å². The molecule has 0 N–H and O–H groups in total. The summed E-state index contributed by atoms with van der Waals surface area (Å²) in [7, 11) is 0. The average molecular weight is 203 g/mol. The molecule has 1 aliphatic carbocycles. The van der Waals surface area contributed by atoms with Gasteiger partial charge in [-0.3, -0.25) is 9.78 Å². The van der Waals surface area contributed by atoms with Crippen LogP contribution in [0.1, 0.15) is 59.8 Å². The predicted octanol–water partition coefficient (Wildman–Crippen LogP) is 2.90. The van der Waals surface area contributed by atoms with Gasteiger partial charge in [0.25, 0.3) is 0 Å². The van der Waals surface area contributed by atoms with Gasteiger partial charge in [0.1, 0.15) is 0 Å². The van der Waals surface area contributed by atoms with Gasteiger partial charge in [-0.25, -0.2) is 0 Å². The Morgan fingerprint density at radius 1 is 1.27 bits per heavy atom. The van der Waals surface area contributed by atoms with Crippen molar-refractivity contribution in [2.24, 2.45) is 0 Å². The highest BCUT2D eigenvalue weighted by Gasteiger charge is 2.18. The number of fused-ring (bicyclic) bond motifs is 1. The highest BCUT2D eigenvalue weighted by molar-refractivity contribution is 5.77. The lowest BCUT2D eigenvalue weighted by Gasteiger charge is -2.21. The van der Waals surface area contributed by atoms with Crippen LogP contribution in [0.15, 0.2) is 6.20 Å². The van der Waals surface area contributed by atoms with Crippen molar-refractivity contribution in [1.29, 1.82) is 0 Å². The van der Waals surface area contributed by atoms with Crippen LogP contribution in [0.25, 0.3) is 0 Å². The van der Waals surface area contributed by atoms with Crippen molar-refractivity contribution < 1.29 is 4.79 Å². The van der Waals surface area contributed by atoms with Gasteiger partial charge in [0.15, 0.2) is 6.29 Å². The molecular weight excluding hydrogens is 186 g/mol. The van der Waals surface area contributed by atoms with E-state index >= 15 is 0 Å². The summed E-state index contributed by atoms with van der Waals surface area (Å²) in [4.78, 5) is 15.4. The standard InChI is InChI=1S/C13H17NO/c1-9(2)13-12-6-4-3-5-11(12)10(8-15)7-14-13/h7-9H,3-6H2,1-2H3. The Balaban J connectivity index is 2.57. The van der Waals surface area contributed by atoms with E-state index in [9.17, 15) is 4.79 Å². The number of aldehydes is 1. The maximum atomic E-state index is 10.9. The van der Waals surface area contributed by atoms with Gasteiger partial charge in [-0.05, 0) is 42.7 Å². The molecule has 0 saturated carbocycles. The summed E-state index contributed by atoms with van der Waals surface area (Å²) in [6, 6.07) is 0. The minimum atomic E-state index is 0.456. The normalized spacial score (nSPS) is 15.1. The molecule has 2 heteroatoms. The van der Waals surface area contributed by atoms with Crippen LogP contribution in [0, 0.1) is 0 Å². The smallest absolute Gasteiger partial charge is 0.151 e. The number of hydrogen-bond acceptors (Lipinski definition) is 2. The van der Waals surface area contributed by atoms with Crippen LogP contribution in [0.2, 0.25) is 0 Å². The number of pyridine rings is 1. The van der Waals surface area contributed by atoms with Crippen molar-refractivity contribution in [3.05, 3.63) is 28.6 Å². The number of nitrogens with zero attached hydrogens (tertiary/aromatic N) is 1. The van der Waals surface area contributed by atoms with Gasteiger partial charge in [-0.2, -0.15) is 0 Å². The van der Waals surface area contributed by atoms with Crippen molar-refractivity contribution in [3.8, 4) is 0 Å². The first kappa shape index (κ1) is 10.3. The Hall–Kier alpha value is -1.18. The predicted molar refractivity (Wildman–Crippen MR) is 60.4 cm³/mol. The van der Waals surface area contributed by atoms with Crippen molar-refractivity contribution >= 4 is 6.29 Å². The Kier molecular flexibility index (Phi) is 2.85. The van der Waals surface area contributed by atoms with Gasteiger partial charge >= 0.3 is 0 Å². The SMILES string of the molecule is CC(C)c1ncc(C=O)c2c1CCCC2. The maximum absolute atomic E-state index is 10.9. The molecule has 0 aromatic carbocycles. The molecule has 0 amide bonds. The van der Waals surface area contributed by atoms with Gasteiger partial charge in [0, 0.05) is 17.5 Å². The zero-order valence-corrected chi connectivity index (χ0v) is 9.42. The van der Waals surface area contributed by atoms with E-state index < -0.39 is 0 Å². The number of hydrogen-bond donors (Lipinski definition) is 0. The van der Waals surface area contributed by atoms with Crippen molar-refractivity contribution in [2.45, 2.75) is 45.4 Å². The van der Waals surface area contributed by atoms with E-state index in [-0.39, 0.29) is 0 Å². The third-order valence-electron chi connectivity index (χ3n) is 3.14. The van der Waals surface area contributed by atoms with E-state index in [0.29, 0.717) is 5.92 Å². The summed E-state index contributed by atoms with van der Waals surface area (Å²) >= 11 is 0. The molecule has 0 aliphatic heterocycles. The lowest BCUT2D eigenvalue weighted by atomic mass is 9.86. The molecule has 0 bridgehead atoms. The third kappa shape index (κ3) is 1.81. The molecule has 1 heterocycles. The van der Waals surface area contributed by atoms with E-state index in [2.05, 4.69) is 18.8 Å². The molecule has 1 aliphatic rings. The number of aromatic nitrogens is 1. The van der Waals surface area contributed by atoms with E-state index in [1.807, 2.05) is 0 Å². The largest absolute Gasteiger partial charge is 0.298 e. The molecule has 2 rings (SSSR count). The van der Waals surface area contributed by atoms with E-state index in [4.69, 9.17) is 0 Å². The number of rotatable bonds is 2. The molecule has 0 fully saturated rings. The fourth-order valence-corrected chi connectivity index (χ4v) is 2.40. The number of carbonyl (C=O) groups is 1. The summed E-state index contributed by atoms with van der Waals surface area (Å²) in [6.45, 7) is 4.33. The van der Waals surface area contributed by atoms with Crippen molar-refractivity contribution in [3.63, 3.8) is 0 Å². The van der Waals surface area contributed by atoms with E-state index in [1.54, 1.807) is 6.20 Å². The molecule has 80 valence electrons. The van der Waals surface area contributed by atoms with Crippen LogP contribution in [-0.2, 0) is 12.8 Å². The van der Waals surface area contributed by atoms with Crippen LogP contribution >= 0.6 is 0 Å². The third-order valence-corrected chi connectivity index (χ3v) is 3.14. The van der Waals surface area contributed by atoms with Gasteiger partial charge in [-0.15, -0.1) is 0 Å². The summed E-state index contributed by atoms with van der Waals surface area (Å²) in [5.74, 6) is 0.456. The van der Waals surface area contributed by atoms with Gasteiger partial charge in [0.2, 0.25) is 0 Å². The lowest BCUT2D eigenvalue weighted by molar-refractivity contribution is 0.112. The monoisotopic (exact) mass is 203 g/mol. The van der Waals surface area contributed by atoms with Gasteiger partial charge < -0.3 is 0 Å². The molecule has 0 unspecified atom stereocenters. The molecular formula is C13H17NO. The van der Waals surface area contributed by atoms with Crippen molar-refractivity contribution in [2.75, 3.05) is 0 Å². The second kappa shape index (κ2) is 4.13. The van der Waals surface area contributed by atoms with E-state index in [1.165, 1.54) is 29.7 Å². The summed E-state index contributed by atoms with van der Waals surface area (Å²) in [5, 5.41) is 0. The van der Waals surface area contributed by atoms with Crippen LogP contribution in [-0.4, -0.2) is 11.3 Å². The molecule has 2 nitrogen and oxygen atoms in total. The van der Waals surface area contributed by atoms with Gasteiger partial charge in [0.05, 0.1) is 0 Å². The van der Waals surface area contributed by atoms with Gasteiger partial charge in [-0.1, -0.05) is 13.8 Å². The highest BCUT2D eigenvalue weighted by atomic mass is 16.1. The second-order valence-corrected chi connectivity index (χ2v) is 4.54. The first-order valence-electron chi connectivity index (χ1n) is 5.70. The van der Waals surface area contributed by atoms with E-state index in [0.717, 1.165) is 24.7 Å². The van der Waals surface area contributed by atoms with Crippen LogP contribution in [0.5, 0.6) is 0 Å². The van der Waals surface area contributed by atoms with Crippen LogP contribution in [0.4, 0.5) is 0 Å². The first-order chi connectivity index (χ1) is 7.24. The zero-order chi connectivity index (χ0) is 10.8. The average Bonchev–Trinajstić information content (AvgIpc) is 2.27. The van der Waals surface area contributed by atoms with Crippen LogP contribution < -0.4 is 0 Å². The fourth-order valence-electron chi connectivity index (χ4n) is 2.40. The minimum absolute atomic E-state index is 0.456.